The predicted octanol–water partition coefficient (Wildman–Crippen LogP) is 6.07. The van der Waals surface area contributed by atoms with Gasteiger partial charge in [0.15, 0.2) is 47.9 Å². The summed E-state index contributed by atoms with van der Waals surface area (Å²) >= 11 is 0. The molecule has 0 radical (unpaired) electrons. The van der Waals surface area contributed by atoms with E-state index in [9.17, 15) is 0 Å². The lowest BCUT2D eigenvalue weighted by Gasteiger charge is -2.51. The normalized spacial score (nSPS) is 28.8. The Bertz CT molecular complexity index is 586. The zero-order valence-corrected chi connectivity index (χ0v) is 28.5. The van der Waals surface area contributed by atoms with Crippen molar-refractivity contribution in [1.29, 1.82) is 0 Å². The van der Waals surface area contributed by atoms with E-state index in [1.165, 1.54) is 0 Å². The third-order valence-electron chi connectivity index (χ3n) is 4.21. The van der Waals surface area contributed by atoms with Gasteiger partial charge in [0.25, 0.3) is 0 Å². The van der Waals surface area contributed by atoms with Crippen LogP contribution in [-0.2, 0) is 26.9 Å². The van der Waals surface area contributed by atoms with Crippen molar-refractivity contribution in [3.8, 4) is 0 Å². The molecule has 0 bridgehead atoms. The van der Waals surface area contributed by atoms with Crippen LogP contribution >= 0.6 is 0 Å². The van der Waals surface area contributed by atoms with Gasteiger partial charge in [-0.1, -0.05) is 0 Å². The van der Waals surface area contributed by atoms with Crippen LogP contribution in [0.2, 0.25) is 98.2 Å². The Morgan fingerprint density at radius 3 is 1.22 bits per heavy atom. The zero-order valence-electron chi connectivity index (χ0n) is 23.5. The summed E-state index contributed by atoms with van der Waals surface area (Å²) in [4.78, 5) is 0. The van der Waals surface area contributed by atoms with Gasteiger partial charge in [0.2, 0.25) is 0 Å². The Balaban J connectivity index is 3.50. The lowest BCUT2D eigenvalue weighted by Crippen LogP contribution is -2.67. The minimum absolute atomic E-state index is 0.243. The minimum atomic E-state index is -1.92. The molecule has 0 aromatic carbocycles. The van der Waals surface area contributed by atoms with E-state index in [1.54, 1.807) is 0 Å². The van der Waals surface area contributed by atoms with Crippen molar-refractivity contribution in [3.05, 3.63) is 0 Å². The first-order chi connectivity index (χ1) is 14.0. The Morgan fingerprint density at radius 1 is 0.469 bits per heavy atom. The Hall–Kier alpha value is 0.844. The van der Waals surface area contributed by atoms with Gasteiger partial charge in [0.1, 0.15) is 24.4 Å². The Morgan fingerprint density at radius 2 is 0.844 bits per heavy atom. The van der Waals surface area contributed by atoms with E-state index >= 15 is 0 Å². The monoisotopic (exact) mass is 540 g/mol. The fraction of sp³-hybridized carbons (Fsp3) is 1.00. The van der Waals surface area contributed by atoms with Gasteiger partial charge in [0, 0.05) is 0 Å². The number of hydrogen-bond acceptors (Lipinski definition) is 6. The molecule has 11 heteroatoms. The summed E-state index contributed by atoms with van der Waals surface area (Å²) in [7, 11) is -9.37. The smallest absolute Gasteiger partial charge is 0.187 e. The van der Waals surface area contributed by atoms with Crippen LogP contribution < -0.4 is 0 Å². The fourth-order valence-corrected chi connectivity index (χ4v) is 8.21. The minimum Gasteiger partial charge on any atom is -0.415 e. The van der Waals surface area contributed by atoms with E-state index in [-0.39, 0.29) is 24.4 Å². The lowest BCUT2D eigenvalue weighted by molar-refractivity contribution is -0.268. The summed E-state index contributed by atoms with van der Waals surface area (Å²) in [6, 6.07) is 0. The molecule has 1 fully saturated rings. The summed E-state index contributed by atoms with van der Waals surface area (Å²) in [6.07, 6.45) is -1.54. The topological polar surface area (TPSA) is 55.4 Å². The van der Waals surface area contributed by atoms with E-state index in [2.05, 4.69) is 98.2 Å². The molecule has 0 N–H and O–H groups in total. The van der Waals surface area contributed by atoms with Crippen molar-refractivity contribution < 1.29 is 26.9 Å². The highest BCUT2D eigenvalue weighted by Crippen LogP contribution is 2.35. The van der Waals surface area contributed by atoms with E-state index < -0.39 is 47.9 Å². The predicted molar refractivity (Wildman–Crippen MR) is 147 cm³/mol. The quantitative estimate of drug-likeness (QED) is 0.296. The molecular weight excluding hydrogens is 489 g/mol. The Labute approximate surface area is 203 Å². The van der Waals surface area contributed by atoms with Crippen molar-refractivity contribution in [3.63, 3.8) is 0 Å². The molecule has 0 aliphatic carbocycles. The van der Waals surface area contributed by atoms with Crippen LogP contribution in [-0.4, -0.2) is 78.9 Å². The van der Waals surface area contributed by atoms with E-state index in [0.717, 1.165) is 0 Å². The largest absolute Gasteiger partial charge is 0.415 e. The maximum atomic E-state index is 6.85. The summed E-state index contributed by atoms with van der Waals surface area (Å²) in [5.41, 5.74) is 0. The van der Waals surface area contributed by atoms with Crippen molar-refractivity contribution in [1.82, 2.24) is 0 Å². The second-order valence-corrected chi connectivity index (χ2v) is 36.1. The summed E-state index contributed by atoms with van der Waals surface area (Å²) in [5.74, 6) is 0. The van der Waals surface area contributed by atoms with Crippen LogP contribution in [0, 0.1) is 0 Å². The highest BCUT2D eigenvalue weighted by atomic mass is 28.4. The van der Waals surface area contributed by atoms with Crippen LogP contribution in [0.3, 0.4) is 0 Å². The molecule has 2 unspecified atom stereocenters. The van der Waals surface area contributed by atoms with Gasteiger partial charge in [-0.2, -0.15) is 0 Å². The van der Waals surface area contributed by atoms with Gasteiger partial charge in [-0.05, 0) is 98.2 Å². The second-order valence-electron chi connectivity index (χ2n) is 13.8. The van der Waals surface area contributed by atoms with Crippen molar-refractivity contribution in [2.45, 2.75) is 129 Å². The molecule has 0 saturated carbocycles. The fourth-order valence-electron chi connectivity index (χ4n) is 3.41. The van der Waals surface area contributed by atoms with Gasteiger partial charge in [-0.25, -0.2) is 0 Å². The standard InChI is InChI=1S/C21H52O6Si5/c1-28(2,3)22-16-17-18(24-29(4,5)6)19(25-30(7,8)9)20(26-31(10,11)12)21(23-17)27-32(13,14)15/h17-21H,16H2,1-15H3/t17?,18-,19+,20?,21+/m0/s1. The van der Waals surface area contributed by atoms with Gasteiger partial charge < -0.3 is 26.9 Å². The average molecular weight is 541 g/mol. The molecule has 1 aliphatic rings. The molecule has 1 aliphatic heterocycles. The van der Waals surface area contributed by atoms with E-state index in [4.69, 9.17) is 26.9 Å². The first kappa shape index (κ1) is 30.9. The van der Waals surface area contributed by atoms with Crippen LogP contribution in [0.25, 0.3) is 0 Å². The molecule has 0 aromatic heterocycles. The van der Waals surface area contributed by atoms with Gasteiger partial charge in [-0.3, -0.25) is 0 Å². The van der Waals surface area contributed by atoms with Crippen molar-refractivity contribution in [2.75, 3.05) is 6.61 Å². The Kier molecular flexibility index (Phi) is 10.5. The van der Waals surface area contributed by atoms with Crippen LogP contribution in [0.15, 0.2) is 0 Å². The molecule has 32 heavy (non-hydrogen) atoms. The van der Waals surface area contributed by atoms with Crippen LogP contribution in [0.5, 0.6) is 0 Å². The third kappa shape index (κ3) is 12.5. The molecule has 0 aromatic rings. The summed E-state index contributed by atoms with van der Waals surface area (Å²) in [5, 5.41) is 0. The van der Waals surface area contributed by atoms with E-state index in [0.29, 0.717) is 6.61 Å². The average Bonchev–Trinajstić information content (AvgIpc) is 2.45. The number of ether oxygens (including phenoxy) is 1. The van der Waals surface area contributed by atoms with Gasteiger partial charge >= 0.3 is 0 Å². The first-order valence-electron chi connectivity index (χ1n) is 12.0. The summed E-state index contributed by atoms with van der Waals surface area (Å²) in [6.45, 7) is 33.6. The zero-order chi connectivity index (χ0) is 25.3. The maximum absolute atomic E-state index is 6.85. The van der Waals surface area contributed by atoms with Gasteiger partial charge in [-0.15, -0.1) is 0 Å². The maximum Gasteiger partial charge on any atom is 0.187 e. The van der Waals surface area contributed by atoms with Crippen LogP contribution in [0.1, 0.15) is 0 Å². The lowest BCUT2D eigenvalue weighted by atomic mass is 9.99. The highest BCUT2D eigenvalue weighted by Gasteiger charge is 2.52. The molecular formula is C21H52O6Si5. The van der Waals surface area contributed by atoms with Crippen molar-refractivity contribution >= 4 is 41.6 Å². The molecule has 0 amide bonds. The molecule has 1 heterocycles. The molecule has 6 nitrogen and oxygen atoms in total. The number of rotatable bonds is 11. The third-order valence-corrected chi connectivity index (χ3v) is 9.12. The second kappa shape index (κ2) is 10.8. The van der Waals surface area contributed by atoms with Crippen LogP contribution in [0.4, 0.5) is 0 Å². The molecule has 0 spiro atoms. The van der Waals surface area contributed by atoms with Gasteiger partial charge in [0.05, 0.1) is 6.61 Å². The highest BCUT2D eigenvalue weighted by molar-refractivity contribution is 6.71. The summed E-state index contributed by atoms with van der Waals surface area (Å²) < 4.78 is 39.9. The van der Waals surface area contributed by atoms with Crippen molar-refractivity contribution in [2.24, 2.45) is 0 Å². The molecule has 1 rings (SSSR count). The SMILES string of the molecule is C[Si](C)(C)OCC1O[C@H](O[Si](C)(C)C)C(O[Si](C)(C)C)[C@H](O[Si](C)(C)C)[C@H]1O[Si](C)(C)C. The number of hydrogen-bond donors (Lipinski definition) is 0. The molecule has 1 saturated heterocycles. The van der Waals surface area contributed by atoms with E-state index in [1.807, 2.05) is 0 Å². The molecule has 192 valence electrons. The molecule has 5 atom stereocenters. The first-order valence-corrected chi connectivity index (χ1v) is 29.0.